The van der Waals surface area contributed by atoms with E-state index in [1.807, 2.05) is 0 Å². The van der Waals surface area contributed by atoms with Crippen molar-refractivity contribution in [1.29, 1.82) is 0 Å². The summed E-state index contributed by atoms with van der Waals surface area (Å²) in [6.45, 7) is 0. The van der Waals surface area contributed by atoms with Crippen molar-refractivity contribution >= 4 is 35.8 Å². The fourth-order valence-electron chi connectivity index (χ4n) is 0. The van der Waals surface area contributed by atoms with Gasteiger partial charge in [-0.2, -0.15) is 8.78 Å². The first kappa shape index (κ1) is 7.79. The van der Waals surface area contributed by atoms with Gasteiger partial charge in [0.2, 0.25) is 0 Å². The second-order valence-electron chi connectivity index (χ2n) is 0.888. The van der Waals surface area contributed by atoms with Crippen molar-refractivity contribution in [2.45, 2.75) is 10.1 Å². The molecule has 0 heterocycles. The van der Waals surface area contributed by atoms with Gasteiger partial charge < -0.3 is 0 Å². The molecule has 7 heavy (non-hydrogen) atoms. The molecule has 44 valence electrons. The van der Waals surface area contributed by atoms with E-state index in [4.69, 9.17) is 23.2 Å². The number of rotatable bonds is 1. The number of hydrogen-bond acceptors (Lipinski definition) is 1. The Morgan fingerprint density at radius 3 is 1.57 bits per heavy atom. The summed E-state index contributed by atoms with van der Waals surface area (Å²) < 4.78 is 22.9. The molecular weight excluding hydrogens is 165 g/mol. The average Bonchev–Trinajstić information content (AvgIpc) is 1.31. The molecule has 0 spiro atoms. The van der Waals surface area contributed by atoms with Crippen molar-refractivity contribution in [1.82, 2.24) is 0 Å². The molecule has 0 atom stereocenters. The van der Waals surface area contributed by atoms with Crippen molar-refractivity contribution in [2.75, 3.05) is 0 Å². The Labute approximate surface area is 55.2 Å². The van der Waals surface area contributed by atoms with E-state index in [0.29, 0.717) is 0 Å². The van der Waals surface area contributed by atoms with E-state index in [1.165, 1.54) is 0 Å². The molecule has 5 heteroatoms. The second-order valence-corrected chi connectivity index (χ2v) is 2.58. The normalized spacial score (nSPS) is 12.9. The first-order valence-electron chi connectivity index (χ1n) is 1.33. The molecule has 0 aliphatic carbocycles. The lowest BCUT2D eigenvalue weighted by molar-refractivity contribution is 0.125. The maximum absolute atomic E-state index is 11.4. The average molecular weight is 167 g/mol. The van der Waals surface area contributed by atoms with E-state index in [-0.39, 0.29) is 0 Å². The van der Waals surface area contributed by atoms with E-state index >= 15 is 0 Å². The Hall–Kier alpha value is 0.790. The lowest BCUT2D eigenvalue weighted by atomic mass is 10.8. The largest absolute Gasteiger partial charge is 0.320 e. The fourth-order valence-corrected chi connectivity index (χ4v) is 0. The van der Waals surface area contributed by atoms with Crippen LogP contribution in [-0.2, 0) is 0 Å². The highest BCUT2D eigenvalue weighted by Gasteiger charge is 2.31. The molecule has 0 radical (unpaired) electrons. The molecule has 0 fully saturated rings. The molecular formula is C2H2Cl2F2S. The van der Waals surface area contributed by atoms with Crippen LogP contribution in [0.3, 0.4) is 0 Å². The van der Waals surface area contributed by atoms with E-state index in [2.05, 4.69) is 12.6 Å². The van der Waals surface area contributed by atoms with Crippen LogP contribution in [0.25, 0.3) is 0 Å². The third kappa shape index (κ3) is 3.38. The summed E-state index contributed by atoms with van der Waals surface area (Å²) in [5.74, 6) is 0. The third-order valence-electron chi connectivity index (χ3n) is 0.263. The molecule has 0 nitrogen and oxygen atoms in total. The van der Waals surface area contributed by atoms with Crippen LogP contribution in [-0.4, -0.2) is 10.1 Å². The van der Waals surface area contributed by atoms with Crippen LogP contribution in [0.1, 0.15) is 0 Å². The van der Waals surface area contributed by atoms with Crippen LogP contribution in [0, 0.1) is 0 Å². The van der Waals surface area contributed by atoms with Crippen LogP contribution in [0.15, 0.2) is 0 Å². The molecule has 0 aliphatic rings. The number of thiol groups is 1. The molecule has 0 amide bonds. The summed E-state index contributed by atoms with van der Waals surface area (Å²) in [6.07, 6.45) is 0. The minimum absolute atomic E-state index is 1.73. The van der Waals surface area contributed by atoms with E-state index in [1.54, 1.807) is 0 Å². The van der Waals surface area contributed by atoms with Gasteiger partial charge >= 0.3 is 5.25 Å². The Morgan fingerprint density at radius 1 is 1.43 bits per heavy atom. The summed E-state index contributed by atoms with van der Waals surface area (Å²) in [4.78, 5) is -1.73. The van der Waals surface area contributed by atoms with Gasteiger partial charge in [0.05, 0.1) is 0 Å². The van der Waals surface area contributed by atoms with Crippen molar-refractivity contribution in [3.05, 3.63) is 0 Å². The van der Waals surface area contributed by atoms with Crippen molar-refractivity contribution in [2.24, 2.45) is 0 Å². The van der Waals surface area contributed by atoms with E-state index < -0.39 is 10.1 Å². The number of hydrogen-bond donors (Lipinski definition) is 1. The minimum atomic E-state index is -3.27. The molecule has 0 aromatic carbocycles. The Kier molecular flexibility index (Phi) is 2.64. The van der Waals surface area contributed by atoms with Gasteiger partial charge in [-0.25, -0.2) is 0 Å². The zero-order valence-corrected chi connectivity index (χ0v) is 5.44. The van der Waals surface area contributed by atoms with Gasteiger partial charge in [0, 0.05) is 0 Å². The van der Waals surface area contributed by atoms with Gasteiger partial charge in [0.1, 0.15) is 0 Å². The monoisotopic (exact) mass is 166 g/mol. The Balaban J connectivity index is 3.54. The zero-order chi connectivity index (χ0) is 6.08. The van der Waals surface area contributed by atoms with Crippen LogP contribution in [0.2, 0.25) is 0 Å². The van der Waals surface area contributed by atoms with Gasteiger partial charge in [-0.1, -0.05) is 23.2 Å². The first-order chi connectivity index (χ1) is 2.94. The zero-order valence-electron chi connectivity index (χ0n) is 3.04. The van der Waals surface area contributed by atoms with Crippen molar-refractivity contribution in [3.8, 4) is 0 Å². The third-order valence-corrected chi connectivity index (χ3v) is 1.37. The predicted octanol–water partition coefficient (Wildman–Crippen LogP) is 2.31. The van der Waals surface area contributed by atoms with E-state index in [9.17, 15) is 8.78 Å². The summed E-state index contributed by atoms with van der Waals surface area (Å²) in [5.41, 5.74) is 0. The molecule has 0 aliphatic heterocycles. The van der Waals surface area contributed by atoms with Crippen molar-refractivity contribution < 1.29 is 8.78 Å². The standard InChI is InChI=1S/C2H2Cl2F2S/c3-1(4)2(5,6)7/h1,7H. The topological polar surface area (TPSA) is 0 Å². The first-order valence-corrected chi connectivity index (χ1v) is 2.65. The van der Waals surface area contributed by atoms with E-state index in [0.717, 1.165) is 0 Å². The van der Waals surface area contributed by atoms with Crippen LogP contribution >= 0.6 is 35.8 Å². The minimum Gasteiger partial charge on any atom is -0.191 e. The molecule has 0 unspecified atom stereocenters. The van der Waals surface area contributed by atoms with Crippen molar-refractivity contribution in [3.63, 3.8) is 0 Å². The molecule has 0 rings (SSSR count). The maximum Gasteiger partial charge on any atom is 0.320 e. The lowest BCUT2D eigenvalue weighted by Crippen LogP contribution is -2.15. The summed E-state index contributed by atoms with van der Waals surface area (Å²) in [6, 6.07) is 0. The van der Waals surface area contributed by atoms with Gasteiger partial charge in [-0.05, 0) is 0 Å². The number of alkyl halides is 4. The van der Waals surface area contributed by atoms with Gasteiger partial charge in [0.25, 0.3) is 0 Å². The van der Waals surface area contributed by atoms with Gasteiger partial charge in [0.15, 0.2) is 4.84 Å². The maximum atomic E-state index is 11.4. The lowest BCUT2D eigenvalue weighted by Gasteiger charge is -2.07. The smallest absolute Gasteiger partial charge is 0.191 e. The highest BCUT2D eigenvalue weighted by Crippen LogP contribution is 2.29. The van der Waals surface area contributed by atoms with Gasteiger partial charge in [-0.15, -0.1) is 12.6 Å². The second kappa shape index (κ2) is 2.37. The van der Waals surface area contributed by atoms with Gasteiger partial charge in [-0.3, -0.25) is 0 Å². The summed E-state index contributed by atoms with van der Waals surface area (Å²) in [5, 5.41) is -3.27. The van der Waals surface area contributed by atoms with Crippen LogP contribution in [0.5, 0.6) is 0 Å². The number of halogens is 4. The SMILES string of the molecule is FC(F)(S)C(Cl)Cl. The summed E-state index contributed by atoms with van der Waals surface area (Å²) >= 11 is 12.1. The Bertz CT molecular complexity index is 59.2. The Morgan fingerprint density at radius 2 is 1.57 bits per heavy atom. The predicted molar refractivity (Wildman–Crippen MR) is 29.4 cm³/mol. The van der Waals surface area contributed by atoms with Crippen LogP contribution in [0.4, 0.5) is 8.78 Å². The molecule has 0 saturated carbocycles. The highest BCUT2D eigenvalue weighted by atomic mass is 35.5. The highest BCUT2D eigenvalue weighted by molar-refractivity contribution is 7.81. The molecule has 0 bridgehead atoms. The molecule has 0 aromatic heterocycles. The molecule has 0 aromatic rings. The van der Waals surface area contributed by atoms with Crippen LogP contribution < -0.4 is 0 Å². The molecule has 0 saturated heterocycles. The fraction of sp³-hybridized carbons (Fsp3) is 1.00. The summed E-state index contributed by atoms with van der Waals surface area (Å²) in [7, 11) is 0. The molecule has 0 N–H and O–H groups in total. The quantitative estimate of drug-likeness (QED) is 0.449.